The summed E-state index contributed by atoms with van der Waals surface area (Å²) in [6.07, 6.45) is 1.07. The number of ether oxygens (including phenoxy) is 1. The minimum atomic E-state index is -0.676. The van der Waals surface area contributed by atoms with E-state index in [1.165, 1.54) is 37.4 Å². The molecule has 0 aromatic heterocycles. The summed E-state index contributed by atoms with van der Waals surface area (Å²) >= 11 is 0. The second kappa shape index (κ2) is 11.1. The van der Waals surface area contributed by atoms with Gasteiger partial charge in [-0.05, 0) is 74.6 Å². The molecule has 2 amide bonds. The van der Waals surface area contributed by atoms with Crippen LogP contribution in [0.15, 0.2) is 60.7 Å². The second-order valence-corrected chi connectivity index (χ2v) is 8.65. The Balaban J connectivity index is 1.48. The molecular weight excluding hydrogens is 463 g/mol. The molecule has 3 aromatic carbocycles. The fourth-order valence-corrected chi connectivity index (χ4v) is 4.09. The van der Waals surface area contributed by atoms with Crippen LogP contribution < -0.4 is 20.3 Å². The quantitative estimate of drug-likeness (QED) is 0.447. The number of carbonyl (C=O) groups excluding carboxylic acids is 2. The Morgan fingerprint density at radius 3 is 2.36 bits per heavy atom. The number of aromatic hydroxyl groups is 1. The minimum absolute atomic E-state index is 0.0195. The minimum Gasteiger partial charge on any atom is -0.506 e. The van der Waals surface area contributed by atoms with Crippen molar-refractivity contribution in [3.05, 3.63) is 77.6 Å². The van der Waals surface area contributed by atoms with Crippen LogP contribution in [0.25, 0.3) is 0 Å². The number of benzene rings is 3. The Morgan fingerprint density at radius 1 is 0.917 bits per heavy atom. The van der Waals surface area contributed by atoms with E-state index in [0.717, 1.165) is 44.4 Å². The molecule has 0 unspecified atom stereocenters. The van der Waals surface area contributed by atoms with E-state index in [-0.39, 0.29) is 28.4 Å². The number of phenols is 1. The maximum Gasteiger partial charge on any atom is 0.255 e. The predicted molar refractivity (Wildman–Crippen MR) is 138 cm³/mol. The summed E-state index contributed by atoms with van der Waals surface area (Å²) in [5.41, 5.74) is 1.73. The van der Waals surface area contributed by atoms with Gasteiger partial charge in [0.25, 0.3) is 11.8 Å². The van der Waals surface area contributed by atoms with Crippen LogP contribution in [0.2, 0.25) is 0 Å². The fourth-order valence-electron chi connectivity index (χ4n) is 4.09. The summed E-state index contributed by atoms with van der Waals surface area (Å²) in [6, 6.07) is 15.6. The van der Waals surface area contributed by atoms with Gasteiger partial charge >= 0.3 is 0 Å². The van der Waals surface area contributed by atoms with Gasteiger partial charge in [0.2, 0.25) is 0 Å². The van der Waals surface area contributed by atoms with E-state index in [4.69, 9.17) is 4.74 Å². The summed E-state index contributed by atoms with van der Waals surface area (Å²) in [7, 11) is 3.45. The molecular formula is C27H29FN4O4. The number of nitrogens with zero attached hydrogens (tertiary/aromatic N) is 2. The lowest BCUT2D eigenvalue weighted by Crippen LogP contribution is -2.28. The molecule has 0 aliphatic carbocycles. The molecule has 0 atom stereocenters. The molecule has 4 rings (SSSR count). The van der Waals surface area contributed by atoms with Crippen molar-refractivity contribution < 1.29 is 23.8 Å². The number of phenolic OH excluding ortho intramolecular Hbond substituents is 1. The molecule has 1 fully saturated rings. The number of rotatable bonds is 6. The fraction of sp³-hybridized carbons (Fsp3) is 0.259. The van der Waals surface area contributed by atoms with Crippen molar-refractivity contribution in [2.45, 2.75) is 6.42 Å². The Kier molecular flexibility index (Phi) is 7.70. The first-order valence-corrected chi connectivity index (χ1v) is 11.7. The molecule has 1 aliphatic rings. The van der Waals surface area contributed by atoms with Crippen molar-refractivity contribution in [2.24, 2.45) is 0 Å². The first kappa shape index (κ1) is 25.0. The van der Waals surface area contributed by atoms with Crippen molar-refractivity contribution in [1.29, 1.82) is 0 Å². The number of likely N-dealkylation sites (N-methyl/N-ethyl adjacent to an activating group) is 1. The molecule has 1 saturated heterocycles. The third-order valence-electron chi connectivity index (χ3n) is 6.16. The molecule has 1 aliphatic heterocycles. The van der Waals surface area contributed by atoms with Gasteiger partial charge in [0.1, 0.15) is 11.4 Å². The van der Waals surface area contributed by atoms with Crippen LogP contribution in [0.4, 0.5) is 21.5 Å². The average molecular weight is 493 g/mol. The third-order valence-corrected chi connectivity index (χ3v) is 6.16. The first-order valence-electron chi connectivity index (χ1n) is 11.7. The number of hydrogen-bond donors (Lipinski definition) is 3. The molecule has 9 heteroatoms. The highest BCUT2D eigenvalue weighted by Gasteiger charge is 2.18. The molecule has 0 bridgehead atoms. The normalized spacial score (nSPS) is 14.1. The van der Waals surface area contributed by atoms with E-state index >= 15 is 0 Å². The Morgan fingerprint density at radius 2 is 1.64 bits per heavy atom. The van der Waals surface area contributed by atoms with Gasteiger partial charge in [-0.2, -0.15) is 0 Å². The van der Waals surface area contributed by atoms with Crippen molar-refractivity contribution in [3.63, 3.8) is 0 Å². The van der Waals surface area contributed by atoms with Crippen LogP contribution in [0.3, 0.4) is 0 Å². The van der Waals surface area contributed by atoms with Crippen molar-refractivity contribution in [1.82, 2.24) is 4.90 Å². The van der Waals surface area contributed by atoms with Gasteiger partial charge in [0, 0.05) is 36.4 Å². The van der Waals surface area contributed by atoms with E-state index in [9.17, 15) is 19.1 Å². The lowest BCUT2D eigenvalue weighted by Gasteiger charge is -2.23. The molecule has 0 saturated carbocycles. The zero-order valence-electron chi connectivity index (χ0n) is 20.3. The van der Waals surface area contributed by atoms with Crippen LogP contribution in [0, 0.1) is 5.82 Å². The lowest BCUT2D eigenvalue weighted by atomic mass is 10.1. The summed E-state index contributed by atoms with van der Waals surface area (Å²) in [5, 5.41) is 15.7. The first-order chi connectivity index (χ1) is 17.4. The number of carbonyl (C=O) groups is 2. The summed E-state index contributed by atoms with van der Waals surface area (Å²) in [6.45, 7) is 3.91. The predicted octanol–water partition coefficient (Wildman–Crippen LogP) is 4.19. The van der Waals surface area contributed by atoms with Crippen LogP contribution in [0.5, 0.6) is 11.5 Å². The molecule has 0 spiro atoms. The Bertz CT molecular complexity index is 1250. The summed E-state index contributed by atoms with van der Waals surface area (Å²) < 4.78 is 18.9. The Labute approximate surface area is 209 Å². The van der Waals surface area contributed by atoms with Gasteiger partial charge in [0.15, 0.2) is 11.6 Å². The lowest BCUT2D eigenvalue weighted by molar-refractivity contribution is 0.101. The van der Waals surface area contributed by atoms with Gasteiger partial charge < -0.3 is 30.3 Å². The van der Waals surface area contributed by atoms with Gasteiger partial charge in [-0.3, -0.25) is 9.59 Å². The maximum absolute atomic E-state index is 14.0. The largest absolute Gasteiger partial charge is 0.506 e. The molecule has 1 heterocycles. The van der Waals surface area contributed by atoms with Crippen molar-refractivity contribution in [3.8, 4) is 11.5 Å². The van der Waals surface area contributed by atoms with Crippen molar-refractivity contribution in [2.75, 3.05) is 55.9 Å². The average Bonchev–Trinajstić information content (AvgIpc) is 3.10. The highest BCUT2D eigenvalue weighted by molar-refractivity contribution is 6.11. The van der Waals surface area contributed by atoms with E-state index in [0.29, 0.717) is 5.56 Å². The standard InChI is InChI=1S/C27H29FN4O4/c1-31-13-4-14-32(16-15-31)20-10-7-18(8-11-20)26(34)30-25-22(5-3-6-23(25)33)29-27(35)19-9-12-24(36-2)21(28)17-19/h3,5-12,17,33H,4,13-16H2,1-2H3,(H,29,35)(H,30,34). The molecule has 3 aromatic rings. The highest BCUT2D eigenvalue weighted by atomic mass is 19.1. The number of para-hydroxylation sites is 1. The van der Waals surface area contributed by atoms with Crippen LogP contribution in [0.1, 0.15) is 27.1 Å². The van der Waals surface area contributed by atoms with Gasteiger partial charge in [-0.15, -0.1) is 0 Å². The van der Waals surface area contributed by atoms with Crippen LogP contribution in [-0.4, -0.2) is 62.2 Å². The molecule has 3 N–H and O–H groups in total. The smallest absolute Gasteiger partial charge is 0.255 e. The van der Waals surface area contributed by atoms with Crippen molar-refractivity contribution >= 4 is 28.9 Å². The highest BCUT2D eigenvalue weighted by Crippen LogP contribution is 2.33. The van der Waals surface area contributed by atoms with E-state index in [1.807, 2.05) is 12.1 Å². The van der Waals surface area contributed by atoms with Gasteiger partial charge in [0.05, 0.1) is 12.8 Å². The number of hydrogen-bond acceptors (Lipinski definition) is 6. The Hall–Kier alpha value is -4.11. The summed E-state index contributed by atoms with van der Waals surface area (Å²) in [5.74, 6) is -1.92. The number of anilines is 3. The molecule has 188 valence electrons. The van der Waals surface area contributed by atoms with Gasteiger partial charge in [-0.25, -0.2) is 4.39 Å². The SMILES string of the molecule is COc1ccc(C(=O)Nc2cccc(O)c2NC(=O)c2ccc(N3CCCN(C)CC3)cc2)cc1F. The van der Waals surface area contributed by atoms with Crippen LogP contribution in [-0.2, 0) is 0 Å². The number of halogens is 1. The zero-order valence-corrected chi connectivity index (χ0v) is 20.3. The van der Waals surface area contributed by atoms with E-state index in [2.05, 4.69) is 27.5 Å². The van der Waals surface area contributed by atoms with E-state index in [1.54, 1.807) is 12.1 Å². The third kappa shape index (κ3) is 5.75. The maximum atomic E-state index is 14.0. The number of amides is 2. The zero-order chi connectivity index (χ0) is 25.7. The summed E-state index contributed by atoms with van der Waals surface area (Å²) in [4.78, 5) is 30.3. The second-order valence-electron chi connectivity index (χ2n) is 8.65. The molecule has 0 radical (unpaired) electrons. The topological polar surface area (TPSA) is 94.1 Å². The molecule has 36 heavy (non-hydrogen) atoms. The van der Waals surface area contributed by atoms with E-state index < -0.39 is 17.6 Å². The van der Waals surface area contributed by atoms with Crippen LogP contribution >= 0.6 is 0 Å². The monoisotopic (exact) mass is 492 g/mol. The number of nitrogens with one attached hydrogen (secondary N) is 2. The number of methoxy groups -OCH3 is 1. The molecule has 8 nitrogen and oxygen atoms in total. The van der Waals surface area contributed by atoms with Gasteiger partial charge in [-0.1, -0.05) is 6.07 Å².